The minimum atomic E-state index is 0.558. The molecule has 0 aliphatic rings. The van der Waals surface area contributed by atoms with Gasteiger partial charge in [0, 0.05) is 6.54 Å². The average Bonchev–Trinajstić information content (AvgIpc) is 2.50. The van der Waals surface area contributed by atoms with E-state index in [9.17, 15) is 0 Å². The van der Waals surface area contributed by atoms with Crippen LogP contribution in [0.15, 0.2) is 40.9 Å². The second-order valence-corrected chi connectivity index (χ2v) is 6.53. The minimum Gasteiger partial charge on any atom is -0.362 e. The third kappa shape index (κ3) is 5.23. The number of rotatable bonds is 5. The van der Waals surface area contributed by atoms with Crippen LogP contribution in [-0.2, 0) is 6.42 Å². The monoisotopic (exact) mass is 397 g/mol. The second-order valence-electron chi connectivity index (χ2n) is 4.86. The van der Waals surface area contributed by atoms with Crippen LogP contribution in [0, 0.1) is 6.92 Å². The lowest BCUT2D eigenvalue weighted by Gasteiger charge is -2.12. The number of aromatic nitrogens is 1. The molecule has 0 atom stereocenters. The van der Waals surface area contributed by atoms with E-state index in [1.165, 1.54) is 5.56 Å². The van der Waals surface area contributed by atoms with Crippen LogP contribution < -0.4 is 10.6 Å². The van der Waals surface area contributed by atoms with Gasteiger partial charge in [-0.05, 0) is 59.5 Å². The van der Waals surface area contributed by atoms with Crippen molar-refractivity contribution < 1.29 is 0 Å². The number of pyridine rings is 1. The molecule has 3 nitrogen and oxygen atoms in total. The molecule has 2 aromatic rings. The molecule has 2 N–H and O–H groups in total. The Kier molecular flexibility index (Phi) is 6.61. The molecule has 0 saturated heterocycles. The van der Waals surface area contributed by atoms with Gasteiger partial charge in [0.15, 0.2) is 5.11 Å². The summed E-state index contributed by atoms with van der Waals surface area (Å²) in [4.78, 5) is 4.37. The van der Waals surface area contributed by atoms with Gasteiger partial charge in [0.25, 0.3) is 0 Å². The van der Waals surface area contributed by atoms with Crippen molar-refractivity contribution in [3.8, 4) is 0 Å². The van der Waals surface area contributed by atoms with Crippen LogP contribution in [0.2, 0.25) is 5.02 Å². The van der Waals surface area contributed by atoms with Crippen molar-refractivity contribution in [3.63, 3.8) is 0 Å². The molecule has 0 aliphatic carbocycles. The lowest BCUT2D eigenvalue weighted by atomic mass is 10.1. The molecule has 0 bridgehead atoms. The lowest BCUT2D eigenvalue weighted by molar-refractivity contribution is 0.777. The highest BCUT2D eigenvalue weighted by Crippen LogP contribution is 2.25. The molecule has 0 radical (unpaired) electrons. The number of hydrogen-bond donors (Lipinski definition) is 2. The number of halogens is 2. The molecule has 0 saturated carbocycles. The third-order valence-electron chi connectivity index (χ3n) is 3.11. The van der Waals surface area contributed by atoms with Crippen LogP contribution in [0.3, 0.4) is 0 Å². The Bertz CT molecular complexity index is 649. The molecule has 0 fully saturated rings. The van der Waals surface area contributed by atoms with Gasteiger partial charge in [-0.3, -0.25) is 0 Å². The van der Waals surface area contributed by atoms with E-state index in [4.69, 9.17) is 23.8 Å². The third-order valence-corrected chi connectivity index (χ3v) is 4.34. The first-order valence-corrected chi connectivity index (χ1v) is 8.55. The van der Waals surface area contributed by atoms with E-state index in [2.05, 4.69) is 55.8 Å². The number of anilines is 1. The zero-order chi connectivity index (χ0) is 15.9. The summed E-state index contributed by atoms with van der Waals surface area (Å²) in [5.41, 5.74) is 2.10. The van der Waals surface area contributed by atoms with Gasteiger partial charge < -0.3 is 10.6 Å². The molecule has 6 heteroatoms. The van der Waals surface area contributed by atoms with E-state index < -0.39 is 0 Å². The first-order valence-electron chi connectivity index (χ1n) is 6.97. The predicted octanol–water partition coefficient (Wildman–Crippen LogP) is 4.73. The van der Waals surface area contributed by atoms with Gasteiger partial charge in [0.2, 0.25) is 0 Å². The summed E-state index contributed by atoms with van der Waals surface area (Å²) in [5.74, 6) is 0.669. The van der Waals surface area contributed by atoms with Gasteiger partial charge >= 0.3 is 0 Å². The summed E-state index contributed by atoms with van der Waals surface area (Å²) in [6.45, 7) is 2.67. The highest BCUT2D eigenvalue weighted by atomic mass is 79.9. The normalized spacial score (nSPS) is 10.3. The van der Waals surface area contributed by atoms with E-state index in [1.807, 2.05) is 19.1 Å². The quantitative estimate of drug-likeness (QED) is 0.564. The summed E-state index contributed by atoms with van der Waals surface area (Å²) in [6.07, 6.45) is 2.04. The Morgan fingerprint density at radius 1 is 1.32 bits per heavy atom. The zero-order valence-electron chi connectivity index (χ0n) is 12.2. The van der Waals surface area contributed by atoms with Crippen LogP contribution >= 0.6 is 39.7 Å². The molecule has 1 aromatic heterocycles. The maximum absolute atomic E-state index is 6.01. The van der Waals surface area contributed by atoms with Gasteiger partial charge in [-0.2, -0.15) is 0 Å². The smallest absolute Gasteiger partial charge is 0.171 e. The van der Waals surface area contributed by atoms with Crippen LogP contribution in [-0.4, -0.2) is 16.6 Å². The molecule has 116 valence electrons. The summed E-state index contributed by atoms with van der Waals surface area (Å²) >= 11 is 14.7. The first-order chi connectivity index (χ1) is 10.6. The summed E-state index contributed by atoms with van der Waals surface area (Å²) in [5, 5.41) is 7.45. The molecule has 1 heterocycles. The van der Waals surface area contributed by atoms with Crippen LogP contribution in [0.25, 0.3) is 0 Å². The van der Waals surface area contributed by atoms with Crippen molar-refractivity contribution in [2.45, 2.75) is 19.8 Å². The Balaban J connectivity index is 1.77. The number of nitrogens with zero attached hydrogens (tertiary/aromatic N) is 1. The van der Waals surface area contributed by atoms with Crippen molar-refractivity contribution in [1.29, 1.82) is 0 Å². The van der Waals surface area contributed by atoms with E-state index >= 15 is 0 Å². The fraction of sp³-hybridized carbons (Fsp3) is 0.250. The van der Waals surface area contributed by atoms with Crippen molar-refractivity contribution >= 4 is 50.7 Å². The number of benzene rings is 1. The van der Waals surface area contributed by atoms with Gasteiger partial charge in [-0.15, -0.1) is 0 Å². The minimum absolute atomic E-state index is 0.558. The topological polar surface area (TPSA) is 37.0 Å². The van der Waals surface area contributed by atoms with E-state index in [0.29, 0.717) is 16.0 Å². The fourth-order valence-electron chi connectivity index (χ4n) is 1.94. The fourth-order valence-corrected chi connectivity index (χ4v) is 2.84. The standard InChI is InChI=1S/C16H17BrClN3S/c1-11-14(18)10-13(17)15(20-11)21-16(22)19-9-5-8-12-6-3-2-4-7-12/h2-4,6-7,10H,5,8-9H2,1H3,(H2,19,20,21,22). The maximum Gasteiger partial charge on any atom is 0.171 e. The molecule has 2 rings (SSSR count). The van der Waals surface area contributed by atoms with Crippen molar-refractivity contribution in [2.75, 3.05) is 11.9 Å². The molecular formula is C16H17BrClN3S. The molecule has 0 amide bonds. The van der Waals surface area contributed by atoms with E-state index in [0.717, 1.165) is 29.6 Å². The first kappa shape index (κ1) is 17.2. The molecular weight excluding hydrogens is 382 g/mol. The molecule has 1 aromatic carbocycles. The summed E-state index contributed by atoms with van der Waals surface area (Å²) in [7, 11) is 0. The van der Waals surface area contributed by atoms with E-state index in [1.54, 1.807) is 0 Å². The zero-order valence-corrected chi connectivity index (χ0v) is 15.4. The molecule has 0 spiro atoms. The SMILES string of the molecule is Cc1nc(NC(=S)NCCCc2ccccc2)c(Br)cc1Cl. The maximum atomic E-state index is 6.01. The lowest BCUT2D eigenvalue weighted by Crippen LogP contribution is -2.30. The number of aryl methyl sites for hydroxylation is 2. The highest BCUT2D eigenvalue weighted by molar-refractivity contribution is 9.10. The van der Waals surface area contributed by atoms with Crippen molar-refractivity contribution in [3.05, 3.63) is 57.2 Å². The highest BCUT2D eigenvalue weighted by Gasteiger charge is 2.07. The number of thiocarbonyl (C=S) groups is 1. The Hall–Kier alpha value is -1.17. The molecule has 0 unspecified atom stereocenters. The molecule has 22 heavy (non-hydrogen) atoms. The Morgan fingerprint density at radius 3 is 2.77 bits per heavy atom. The second kappa shape index (κ2) is 8.46. The Morgan fingerprint density at radius 2 is 2.05 bits per heavy atom. The van der Waals surface area contributed by atoms with Gasteiger partial charge in [0.05, 0.1) is 15.2 Å². The number of nitrogens with one attached hydrogen (secondary N) is 2. The average molecular weight is 399 g/mol. The van der Waals surface area contributed by atoms with Crippen molar-refractivity contribution in [1.82, 2.24) is 10.3 Å². The van der Waals surface area contributed by atoms with Gasteiger partial charge in [-0.1, -0.05) is 41.9 Å². The predicted molar refractivity (Wildman–Crippen MR) is 101 cm³/mol. The largest absolute Gasteiger partial charge is 0.362 e. The van der Waals surface area contributed by atoms with Gasteiger partial charge in [-0.25, -0.2) is 4.98 Å². The molecule has 0 aliphatic heterocycles. The summed E-state index contributed by atoms with van der Waals surface area (Å²) < 4.78 is 0.788. The van der Waals surface area contributed by atoms with Gasteiger partial charge in [0.1, 0.15) is 5.82 Å². The number of hydrogen-bond acceptors (Lipinski definition) is 2. The van der Waals surface area contributed by atoms with Crippen molar-refractivity contribution in [2.24, 2.45) is 0 Å². The van der Waals surface area contributed by atoms with Crippen LogP contribution in [0.4, 0.5) is 5.82 Å². The van der Waals surface area contributed by atoms with Crippen LogP contribution in [0.1, 0.15) is 17.7 Å². The summed E-state index contributed by atoms with van der Waals surface area (Å²) in [6, 6.07) is 12.2. The Labute approximate surface area is 149 Å². The van der Waals surface area contributed by atoms with Crippen LogP contribution in [0.5, 0.6) is 0 Å². The van der Waals surface area contributed by atoms with E-state index in [-0.39, 0.29) is 0 Å².